The standard InChI is InChI=1S/C20H19N5O2/c1-14(17-5-7-18(8-6-17)25-13-22-12-23-25)24-20(26)15(2)27-19-9-3-16(11-21)4-10-19/h3-10,12-15H,1-2H3,(H,24,26). The fourth-order valence-electron chi connectivity index (χ4n) is 2.54. The predicted molar refractivity (Wildman–Crippen MR) is 99.2 cm³/mol. The summed E-state index contributed by atoms with van der Waals surface area (Å²) in [5, 5.41) is 15.8. The van der Waals surface area contributed by atoms with Gasteiger partial charge in [0.2, 0.25) is 0 Å². The van der Waals surface area contributed by atoms with E-state index in [-0.39, 0.29) is 11.9 Å². The van der Waals surface area contributed by atoms with Crippen LogP contribution in [-0.4, -0.2) is 26.8 Å². The molecule has 7 heteroatoms. The first-order chi connectivity index (χ1) is 13.1. The van der Waals surface area contributed by atoms with Crippen molar-refractivity contribution in [1.29, 1.82) is 5.26 Å². The highest BCUT2D eigenvalue weighted by atomic mass is 16.5. The molecule has 0 saturated carbocycles. The molecule has 27 heavy (non-hydrogen) atoms. The van der Waals surface area contributed by atoms with Gasteiger partial charge in [-0.05, 0) is 55.8 Å². The van der Waals surface area contributed by atoms with Crippen molar-refractivity contribution in [2.24, 2.45) is 0 Å². The van der Waals surface area contributed by atoms with Crippen LogP contribution in [-0.2, 0) is 4.79 Å². The van der Waals surface area contributed by atoms with Crippen LogP contribution >= 0.6 is 0 Å². The highest BCUT2D eigenvalue weighted by molar-refractivity contribution is 5.81. The Bertz CT molecular complexity index is 928. The zero-order valence-corrected chi connectivity index (χ0v) is 15.0. The Kier molecular flexibility index (Phi) is 5.47. The second-order valence-electron chi connectivity index (χ2n) is 6.06. The maximum Gasteiger partial charge on any atom is 0.261 e. The van der Waals surface area contributed by atoms with Crippen molar-refractivity contribution in [2.45, 2.75) is 26.0 Å². The minimum Gasteiger partial charge on any atom is -0.481 e. The van der Waals surface area contributed by atoms with E-state index in [1.807, 2.05) is 37.3 Å². The molecule has 0 bridgehead atoms. The molecule has 1 amide bonds. The Labute approximate surface area is 157 Å². The lowest BCUT2D eigenvalue weighted by Gasteiger charge is -2.19. The molecule has 2 aromatic carbocycles. The molecule has 0 radical (unpaired) electrons. The van der Waals surface area contributed by atoms with Crippen LogP contribution in [0.1, 0.15) is 31.0 Å². The molecule has 1 heterocycles. The van der Waals surface area contributed by atoms with Crippen LogP contribution in [0.2, 0.25) is 0 Å². The third-order valence-electron chi connectivity index (χ3n) is 4.10. The fourth-order valence-corrected chi connectivity index (χ4v) is 2.54. The van der Waals surface area contributed by atoms with Crippen LogP contribution < -0.4 is 10.1 Å². The number of carbonyl (C=O) groups is 1. The number of rotatable bonds is 6. The second-order valence-corrected chi connectivity index (χ2v) is 6.06. The topological polar surface area (TPSA) is 92.8 Å². The zero-order valence-electron chi connectivity index (χ0n) is 15.0. The van der Waals surface area contributed by atoms with Gasteiger partial charge in [0, 0.05) is 0 Å². The van der Waals surface area contributed by atoms with E-state index in [2.05, 4.69) is 15.4 Å². The number of nitrogens with zero attached hydrogens (tertiary/aromatic N) is 4. The second kappa shape index (κ2) is 8.15. The normalized spacial score (nSPS) is 12.6. The predicted octanol–water partition coefficient (Wildman–Crippen LogP) is 2.78. The number of carbonyl (C=O) groups excluding carboxylic acids is 1. The third-order valence-corrected chi connectivity index (χ3v) is 4.10. The molecule has 1 N–H and O–H groups in total. The summed E-state index contributed by atoms with van der Waals surface area (Å²) in [4.78, 5) is 16.3. The molecule has 3 rings (SSSR count). The fraction of sp³-hybridized carbons (Fsp3) is 0.200. The van der Waals surface area contributed by atoms with E-state index in [0.29, 0.717) is 11.3 Å². The summed E-state index contributed by atoms with van der Waals surface area (Å²) in [7, 11) is 0. The van der Waals surface area contributed by atoms with E-state index in [9.17, 15) is 4.79 Å². The summed E-state index contributed by atoms with van der Waals surface area (Å²) < 4.78 is 7.31. The molecule has 1 aromatic heterocycles. The van der Waals surface area contributed by atoms with E-state index in [1.54, 1.807) is 42.2 Å². The summed E-state index contributed by atoms with van der Waals surface area (Å²) in [6.07, 6.45) is 2.45. The minimum atomic E-state index is -0.658. The highest BCUT2D eigenvalue weighted by Crippen LogP contribution is 2.17. The van der Waals surface area contributed by atoms with Crippen LogP contribution in [0.15, 0.2) is 61.2 Å². The molecule has 0 fully saturated rings. The molecule has 0 aliphatic rings. The van der Waals surface area contributed by atoms with Crippen molar-refractivity contribution in [3.8, 4) is 17.5 Å². The first-order valence-electron chi connectivity index (χ1n) is 8.49. The van der Waals surface area contributed by atoms with Gasteiger partial charge in [-0.25, -0.2) is 9.67 Å². The number of ether oxygens (including phenoxy) is 1. The van der Waals surface area contributed by atoms with E-state index in [1.165, 1.54) is 6.33 Å². The van der Waals surface area contributed by atoms with Gasteiger partial charge in [-0.3, -0.25) is 4.79 Å². The average Bonchev–Trinajstić information content (AvgIpc) is 3.23. The molecular formula is C20H19N5O2. The Morgan fingerprint density at radius 3 is 2.44 bits per heavy atom. The lowest BCUT2D eigenvalue weighted by atomic mass is 10.1. The Hall–Kier alpha value is -3.66. The summed E-state index contributed by atoms with van der Waals surface area (Å²) in [6, 6.07) is 16.2. The number of nitriles is 1. The number of aromatic nitrogens is 3. The lowest BCUT2D eigenvalue weighted by molar-refractivity contribution is -0.127. The van der Waals surface area contributed by atoms with Gasteiger partial charge in [0.25, 0.3) is 5.91 Å². The van der Waals surface area contributed by atoms with Gasteiger partial charge in [-0.2, -0.15) is 10.4 Å². The molecular weight excluding hydrogens is 342 g/mol. The number of benzene rings is 2. The summed E-state index contributed by atoms with van der Waals surface area (Å²) >= 11 is 0. The monoisotopic (exact) mass is 361 g/mol. The van der Waals surface area contributed by atoms with Crippen molar-refractivity contribution >= 4 is 5.91 Å². The Balaban J connectivity index is 1.58. The average molecular weight is 361 g/mol. The van der Waals surface area contributed by atoms with Gasteiger partial charge in [0.15, 0.2) is 6.10 Å². The maximum atomic E-state index is 12.4. The van der Waals surface area contributed by atoms with Gasteiger partial charge in [0.1, 0.15) is 18.4 Å². The SMILES string of the molecule is CC(Oc1ccc(C#N)cc1)C(=O)NC(C)c1ccc(-n2cncn2)cc1. The van der Waals surface area contributed by atoms with Crippen LogP contribution in [0.4, 0.5) is 0 Å². The Morgan fingerprint density at radius 2 is 1.85 bits per heavy atom. The summed E-state index contributed by atoms with van der Waals surface area (Å²) in [5.74, 6) is 0.328. The molecule has 0 spiro atoms. The van der Waals surface area contributed by atoms with Gasteiger partial charge in [-0.15, -0.1) is 0 Å². The van der Waals surface area contributed by atoms with Crippen molar-refractivity contribution in [2.75, 3.05) is 0 Å². The van der Waals surface area contributed by atoms with E-state index in [4.69, 9.17) is 10.00 Å². The van der Waals surface area contributed by atoms with Crippen molar-refractivity contribution in [3.05, 3.63) is 72.3 Å². The molecule has 0 aliphatic carbocycles. The molecule has 2 unspecified atom stereocenters. The van der Waals surface area contributed by atoms with Crippen LogP contribution in [0.5, 0.6) is 5.75 Å². The molecule has 0 aliphatic heterocycles. The molecule has 0 saturated heterocycles. The Morgan fingerprint density at radius 1 is 1.15 bits per heavy atom. The number of hydrogen-bond donors (Lipinski definition) is 1. The zero-order chi connectivity index (χ0) is 19.2. The van der Waals surface area contributed by atoms with E-state index >= 15 is 0 Å². The highest BCUT2D eigenvalue weighted by Gasteiger charge is 2.18. The number of amides is 1. The van der Waals surface area contributed by atoms with Crippen LogP contribution in [0.3, 0.4) is 0 Å². The summed E-state index contributed by atoms with van der Waals surface area (Å²) in [6.45, 7) is 3.60. The van der Waals surface area contributed by atoms with Gasteiger partial charge in [-0.1, -0.05) is 12.1 Å². The van der Waals surface area contributed by atoms with Gasteiger partial charge in [0.05, 0.1) is 23.4 Å². The van der Waals surface area contributed by atoms with E-state index < -0.39 is 6.10 Å². The van der Waals surface area contributed by atoms with Crippen molar-refractivity contribution in [3.63, 3.8) is 0 Å². The summed E-state index contributed by atoms with van der Waals surface area (Å²) in [5.41, 5.74) is 2.41. The van der Waals surface area contributed by atoms with Crippen molar-refractivity contribution < 1.29 is 9.53 Å². The molecule has 7 nitrogen and oxygen atoms in total. The van der Waals surface area contributed by atoms with Gasteiger partial charge >= 0.3 is 0 Å². The first kappa shape index (κ1) is 18.1. The number of hydrogen-bond acceptors (Lipinski definition) is 5. The quantitative estimate of drug-likeness (QED) is 0.729. The van der Waals surface area contributed by atoms with E-state index in [0.717, 1.165) is 11.3 Å². The first-order valence-corrected chi connectivity index (χ1v) is 8.49. The largest absolute Gasteiger partial charge is 0.481 e. The lowest BCUT2D eigenvalue weighted by Crippen LogP contribution is -2.37. The smallest absolute Gasteiger partial charge is 0.261 e. The maximum absolute atomic E-state index is 12.4. The van der Waals surface area contributed by atoms with Gasteiger partial charge < -0.3 is 10.1 Å². The minimum absolute atomic E-state index is 0.172. The number of nitrogens with one attached hydrogen (secondary N) is 1. The van der Waals surface area contributed by atoms with Crippen LogP contribution in [0, 0.1) is 11.3 Å². The van der Waals surface area contributed by atoms with Crippen LogP contribution in [0.25, 0.3) is 5.69 Å². The third kappa shape index (κ3) is 4.50. The molecule has 2 atom stereocenters. The van der Waals surface area contributed by atoms with Crippen molar-refractivity contribution in [1.82, 2.24) is 20.1 Å². The molecule has 136 valence electrons. The molecule has 3 aromatic rings.